The van der Waals surface area contributed by atoms with Gasteiger partial charge in [0.2, 0.25) is 0 Å². The van der Waals surface area contributed by atoms with Gasteiger partial charge in [-0.2, -0.15) is 0 Å². The molecule has 0 saturated heterocycles. The van der Waals surface area contributed by atoms with Crippen LogP contribution in [0.5, 0.6) is 0 Å². The van der Waals surface area contributed by atoms with Crippen LogP contribution in [0.2, 0.25) is 0 Å². The monoisotopic (exact) mass is 314 g/mol. The lowest BCUT2D eigenvalue weighted by molar-refractivity contribution is 0.204. The van der Waals surface area contributed by atoms with Crippen molar-refractivity contribution in [1.29, 1.82) is 0 Å². The SMILES string of the molecule is Cc1ccc(CNC(=O)n2oc(=O)c3c2CCCCC3)cc1C. The van der Waals surface area contributed by atoms with Crippen molar-refractivity contribution < 1.29 is 9.32 Å². The first-order valence-electron chi connectivity index (χ1n) is 8.14. The van der Waals surface area contributed by atoms with Crippen molar-refractivity contribution in [2.75, 3.05) is 0 Å². The minimum atomic E-state index is -0.372. The largest absolute Gasteiger partial charge is 0.361 e. The molecule has 2 aromatic rings. The number of benzene rings is 1. The third-order valence-electron chi connectivity index (χ3n) is 4.55. The molecule has 0 aliphatic heterocycles. The van der Waals surface area contributed by atoms with Crippen molar-refractivity contribution >= 4 is 6.03 Å². The number of hydrogen-bond donors (Lipinski definition) is 1. The fraction of sp³-hybridized carbons (Fsp3) is 0.444. The van der Waals surface area contributed by atoms with Crippen molar-refractivity contribution in [1.82, 2.24) is 10.1 Å². The number of carbonyl (C=O) groups is 1. The Hall–Kier alpha value is -2.30. The maximum atomic E-state index is 12.4. The molecular weight excluding hydrogens is 292 g/mol. The molecule has 0 unspecified atom stereocenters. The molecule has 0 saturated carbocycles. The highest BCUT2D eigenvalue weighted by molar-refractivity contribution is 5.76. The molecule has 0 bridgehead atoms. The molecule has 1 aromatic carbocycles. The summed E-state index contributed by atoms with van der Waals surface area (Å²) in [6.07, 6.45) is 4.47. The van der Waals surface area contributed by atoms with Crippen molar-refractivity contribution in [3.8, 4) is 0 Å². The second-order valence-electron chi connectivity index (χ2n) is 6.24. The molecule has 5 nitrogen and oxygen atoms in total. The first-order chi connectivity index (χ1) is 11.1. The van der Waals surface area contributed by atoms with E-state index in [0.29, 0.717) is 18.5 Å². The zero-order valence-electron chi connectivity index (χ0n) is 13.6. The molecule has 0 fully saturated rings. The summed E-state index contributed by atoms with van der Waals surface area (Å²) in [6.45, 7) is 4.52. The number of rotatable bonds is 2. The number of amides is 1. The summed E-state index contributed by atoms with van der Waals surface area (Å²) < 4.78 is 6.32. The molecule has 1 aromatic heterocycles. The molecular formula is C18H22N2O3. The fourth-order valence-corrected chi connectivity index (χ4v) is 3.03. The molecule has 1 N–H and O–H groups in total. The summed E-state index contributed by atoms with van der Waals surface area (Å²) in [4.78, 5) is 24.3. The van der Waals surface area contributed by atoms with Crippen LogP contribution in [0.15, 0.2) is 27.5 Å². The minimum absolute atomic E-state index is 0.372. The molecule has 3 rings (SSSR count). The summed E-state index contributed by atoms with van der Waals surface area (Å²) in [5.41, 5.74) is 4.49. The number of nitrogens with one attached hydrogen (secondary N) is 1. The van der Waals surface area contributed by atoms with Gasteiger partial charge < -0.3 is 9.84 Å². The van der Waals surface area contributed by atoms with Gasteiger partial charge in [0.15, 0.2) is 0 Å². The number of carbonyl (C=O) groups excluding carboxylic acids is 1. The van der Waals surface area contributed by atoms with Gasteiger partial charge in [-0.15, -0.1) is 4.74 Å². The Balaban J connectivity index is 1.76. The molecule has 0 atom stereocenters. The van der Waals surface area contributed by atoms with Crippen molar-refractivity contribution in [3.05, 3.63) is 56.6 Å². The predicted molar refractivity (Wildman–Crippen MR) is 87.8 cm³/mol. The van der Waals surface area contributed by atoms with Crippen LogP contribution in [0.25, 0.3) is 0 Å². The first-order valence-corrected chi connectivity index (χ1v) is 8.14. The Morgan fingerprint density at radius 1 is 1.17 bits per heavy atom. The van der Waals surface area contributed by atoms with Gasteiger partial charge in [-0.05, 0) is 56.2 Å². The van der Waals surface area contributed by atoms with E-state index in [1.54, 1.807) is 0 Å². The Kier molecular flexibility index (Phi) is 4.37. The Morgan fingerprint density at radius 3 is 2.74 bits per heavy atom. The van der Waals surface area contributed by atoms with Crippen LogP contribution < -0.4 is 10.9 Å². The second kappa shape index (κ2) is 6.44. The topological polar surface area (TPSA) is 64.2 Å². The average Bonchev–Trinajstić information content (AvgIpc) is 2.72. The van der Waals surface area contributed by atoms with E-state index in [-0.39, 0.29) is 11.7 Å². The summed E-state index contributed by atoms with van der Waals surface area (Å²) >= 11 is 0. The molecule has 5 heteroatoms. The lowest BCUT2D eigenvalue weighted by Gasteiger charge is -2.09. The normalized spacial score (nSPS) is 14.2. The van der Waals surface area contributed by atoms with E-state index < -0.39 is 0 Å². The highest BCUT2D eigenvalue weighted by Crippen LogP contribution is 2.18. The Labute approximate surface area is 135 Å². The molecule has 23 heavy (non-hydrogen) atoms. The molecule has 1 aliphatic carbocycles. The summed E-state index contributed by atoms with van der Waals surface area (Å²) in [7, 11) is 0. The Morgan fingerprint density at radius 2 is 1.96 bits per heavy atom. The van der Waals surface area contributed by atoms with Gasteiger partial charge in [0.05, 0.1) is 11.3 Å². The predicted octanol–water partition coefficient (Wildman–Crippen LogP) is 3.08. The van der Waals surface area contributed by atoms with Gasteiger partial charge in [-0.1, -0.05) is 24.6 Å². The molecule has 1 aliphatic rings. The maximum absolute atomic E-state index is 12.4. The third-order valence-corrected chi connectivity index (χ3v) is 4.55. The van der Waals surface area contributed by atoms with Crippen LogP contribution in [-0.4, -0.2) is 10.8 Å². The standard InChI is InChI=1S/C18H22N2O3/c1-12-8-9-14(10-13(12)2)11-19-18(22)20-16-7-5-3-4-6-15(16)17(21)23-20/h8-10H,3-7,11H2,1-2H3,(H,19,22). The lowest BCUT2D eigenvalue weighted by atomic mass is 10.1. The molecule has 1 amide bonds. The lowest BCUT2D eigenvalue weighted by Crippen LogP contribution is -2.29. The van der Waals surface area contributed by atoms with Crippen LogP contribution >= 0.6 is 0 Å². The highest BCUT2D eigenvalue weighted by atomic mass is 16.5. The number of fused-ring (bicyclic) bond motifs is 1. The number of aromatic nitrogens is 1. The van der Waals surface area contributed by atoms with Gasteiger partial charge in [0.1, 0.15) is 0 Å². The average molecular weight is 314 g/mol. The van der Waals surface area contributed by atoms with Crippen LogP contribution in [0.4, 0.5) is 4.79 Å². The second-order valence-corrected chi connectivity index (χ2v) is 6.24. The summed E-state index contributed by atoms with van der Waals surface area (Å²) in [5.74, 6) is 0. The van der Waals surface area contributed by atoms with Gasteiger partial charge in [0, 0.05) is 6.54 Å². The van der Waals surface area contributed by atoms with Crippen molar-refractivity contribution in [2.45, 2.75) is 52.5 Å². The van der Waals surface area contributed by atoms with Gasteiger partial charge in [-0.25, -0.2) is 9.59 Å². The third kappa shape index (κ3) is 3.23. The van der Waals surface area contributed by atoms with E-state index in [1.807, 2.05) is 19.1 Å². The quantitative estimate of drug-likeness (QED) is 0.866. The van der Waals surface area contributed by atoms with Gasteiger partial charge in [-0.3, -0.25) is 0 Å². The van der Waals surface area contributed by atoms with Gasteiger partial charge in [0.25, 0.3) is 0 Å². The fourth-order valence-electron chi connectivity index (χ4n) is 3.03. The van der Waals surface area contributed by atoms with Crippen LogP contribution in [-0.2, 0) is 19.4 Å². The Bertz CT molecular complexity index is 786. The van der Waals surface area contributed by atoms with Crippen LogP contribution in [0.1, 0.15) is 47.2 Å². The summed E-state index contributed by atoms with van der Waals surface area (Å²) in [6, 6.07) is 5.72. The van der Waals surface area contributed by atoms with Gasteiger partial charge >= 0.3 is 11.7 Å². The number of hydrogen-bond acceptors (Lipinski definition) is 3. The molecule has 1 heterocycles. The zero-order valence-corrected chi connectivity index (χ0v) is 13.6. The summed E-state index contributed by atoms with van der Waals surface area (Å²) in [5, 5.41) is 2.84. The van der Waals surface area contributed by atoms with E-state index in [2.05, 4.69) is 18.3 Å². The van der Waals surface area contributed by atoms with E-state index in [4.69, 9.17) is 4.52 Å². The van der Waals surface area contributed by atoms with Crippen LogP contribution in [0, 0.1) is 13.8 Å². The molecule has 0 spiro atoms. The first kappa shape index (κ1) is 15.6. The van der Waals surface area contributed by atoms with Crippen molar-refractivity contribution in [2.24, 2.45) is 0 Å². The molecule has 0 radical (unpaired) electrons. The maximum Gasteiger partial charge on any atom is 0.361 e. The highest BCUT2D eigenvalue weighted by Gasteiger charge is 2.22. The van der Waals surface area contributed by atoms with E-state index in [0.717, 1.165) is 41.7 Å². The van der Waals surface area contributed by atoms with E-state index >= 15 is 0 Å². The number of aryl methyl sites for hydroxylation is 2. The smallest absolute Gasteiger partial charge is 0.331 e. The number of nitrogens with zero attached hydrogens (tertiary/aromatic N) is 1. The van der Waals surface area contributed by atoms with Crippen LogP contribution in [0.3, 0.4) is 0 Å². The van der Waals surface area contributed by atoms with E-state index in [9.17, 15) is 9.59 Å². The molecule has 122 valence electrons. The minimum Gasteiger partial charge on any atom is -0.331 e. The van der Waals surface area contributed by atoms with E-state index in [1.165, 1.54) is 11.1 Å². The zero-order chi connectivity index (χ0) is 16.4. The van der Waals surface area contributed by atoms with Crippen molar-refractivity contribution in [3.63, 3.8) is 0 Å².